The minimum Gasteiger partial charge on any atom is -0.305 e. The van der Waals surface area contributed by atoms with Gasteiger partial charge in [-0.15, -0.1) is 0 Å². The first kappa shape index (κ1) is 14.3. The molecule has 3 amide bonds. The Kier molecular flexibility index (Phi) is 3.41. The SMILES string of the molecule is CC1(C)C(=O)N(c2ccccc2)C(=O)N1Cc1ccncc1. The monoisotopic (exact) mass is 295 g/mol. The standard InChI is InChI=1S/C17H17N3O2/c1-17(2)15(21)20(14-6-4-3-5-7-14)16(22)19(17)12-13-8-10-18-11-9-13/h3-11H,12H2,1-2H3. The molecule has 1 aliphatic rings. The number of hydrogen-bond donors (Lipinski definition) is 0. The quantitative estimate of drug-likeness (QED) is 0.818. The maximum absolute atomic E-state index is 12.8. The molecule has 1 aromatic carbocycles. The van der Waals surface area contributed by atoms with Crippen LogP contribution in [0, 0.1) is 0 Å². The molecule has 2 aromatic rings. The number of carbonyl (C=O) groups is 2. The molecule has 0 atom stereocenters. The van der Waals surface area contributed by atoms with Crippen LogP contribution in [0.3, 0.4) is 0 Å². The number of nitrogens with zero attached hydrogens (tertiary/aromatic N) is 3. The Hall–Kier alpha value is -2.69. The third-order valence-corrected chi connectivity index (χ3v) is 3.93. The van der Waals surface area contributed by atoms with Crippen LogP contribution in [0.1, 0.15) is 19.4 Å². The van der Waals surface area contributed by atoms with Crippen LogP contribution in [-0.4, -0.2) is 27.4 Å². The van der Waals surface area contributed by atoms with Gasteiger partial charge in [0.25, 0.3) is 5.91 Å². The van der Waals surface area contributed by atoms with Gasteiger partial charge in [0.1, 0.15) is 5.54 Å². The first-order valence-electron chi connectivity index (χ1n) is 7.12. The number of benzene rings is 1. The van der Waals surface area contributed by atoms with Crippen molar-refractivity contribution in [1.82, 2.24) is 9.88 Å². The van der Waals surface area contributed by atoms with Gasteiger partial charge in [-0.2, -0.15) is 0 Å². The molecule has 5 nitrogen and oxygen atoms in total. The molecule has 1 fully saturated rings. The van der Waals surface area contributed by atoms with Crippen LogP contribution in [-0.2, 0) is 11.3 Å². The lowest BCUT2D eigenvalue weighted by Crippen LogP contribution is -2.43. The molecule has 22 heavy (non-hydrogen) atoms. The van der Waals surface area contributed by atoms with Crippen LogP contribution >= 0.6 is 0 Å². The molecule has 0 unspecified atom stereocenters. The molecular formula is C17H17N3O2. The summed E-state index contributed by atoms with van der Waals surface area (Å²) in [5, 5.41) is 0. The summed E-state index contributed by atoms with van der Waals surface area (Å²) in [6.45, 7) is 3.93. The topological polar surface area (TPSA) is 53.5 Å². The highest BCUT2D eigenvalue weighted by Crippen LogP contribution is 2.32. The van der Waals surface area contributed by atoms with E-state index < -0.39 is 5.54 Å². The Morgan fingerprint density at radius 3 is 2.27 bits per heavy atom. The van der Waals surface area contributed by atoms with E-state index in [0.29, 0.717) is 12.2 Å². The first-order valence-corrected chi connectivity index (χ1v) is 7.12. The van der Waals surface area contributed by atoms with Crippen molar-refractivity contribution >= 4 is 17.6 Å². The number of carbonyl (C=O) groups excluding carboxylic acids is 2. The fraction of sp³-hybridized carbons (Fsp3) is 0.235. The zero-order valence-electron chi connectivity index (χ0n) is 12.6. The number of imide groups is 1. The number of pyridine rings is 1. The smallest absolute Gasteiger partial charge is 0.305 e. The Balaban J connectivity index is 1.95. The van der Waals surface area contributed by atoms with Gasteiger partial charge < -0.3 is 4.90 Å². The zero-order valence-corrected chi connectivity index (χ0v) is 12.6. The van der Waals surface area contributed by atoms with Gasteiger partial charge in [0.2, 0.25) is 0 Å². The maximum atomic E-state index is 12.8. The van der Waals surface area contributed by atoms with Crippen molar-refractivity contribution in [1.29, 1.82) is 0 Å². The van der Waals surface area contributed by atoms with Crippen LogP contribution < -0.4 is 4.90 Å². The van der Waals surface area contributed by atoms with E-state index >= 15 is 0 Å². The molecule has 5 heteroatoms. The molecule has 0 aliphatic carbocycles. The fourth-order valence-corrected chi connectivity index (χ4v) is 2.58. The van der Waals surface area contributed by atoms with Gasteiger partial charge in [-0.05, 0) is 43.7 Å². The van der Waals surface area contributed by atoms with Crippen LogP contribution in [0.25, 0.3) is 0 Å². The number of amides is 3. The summed E-state index contributed by atoms with van der Waals surface area (Å²) >= 11 is 0. The van der Waals surface area contributed by atoms with Crippen molar-refractivity contribution in [3.05, 3.63) is 60.4 Å². The van der Waals surface area contributed by atoms with E-state index in [1.54, 1.807) is 43.3 Å². The van der Waals surface area contributed by atoms with Crippen LogP contribution in [0.2, 0.25) is 0 Å². The fourth-order valence-electron chi connectivity index (χ4n) is 2.58. The van der Waals surface area contributed by atoms with E-state index in [9.17, 15) is 9.59 Å². The Morgan fingerprint density at radius 2 is 1.64 bits per heavy atom. The predicted molar refractivity (Wildman–Crippen MR) is 83.2 cm³/mol. The van der Waals surface area contributed by atoms with E-state index in [1.165, 1.54) is 4.90 Å². The summed E-state index contributed by atoms with van der Waals surface area (Å²) in [5.74, 6) is -0.210. The largest absolute Gasteiger partial charge is 0.332 e. The lowest BCUT2D eigenvalue weighted by atomic mass is 10.0. The third-order valence-electron chi connectivity index (χ3n) is 3.93. The summed E-state index contributed by atoms with van der Waals surface area (Å²) in [7, 11) is 0. The molecule has 112 valence electrons. The van der Waals surface area contributed by atoms with Crippen molar-refractivity contribution in [3.63, 3.8) is 0 Å². The van der Waals surface area contributed by atoms with E-state index in [2.05, 4.69) is 4.98 Å². The van der Waals surface area contributed by atoms with E-state index in [4.69, 9.17) is 0 Å². The summed E-state index contributed by atoms with van der Waals surface area (Å²) in [6.07, 6.45) is 3.36. The average Bonchev–Trinajstić information content (AvgIpc) is 2.69. The highest BCUT2D eigenvalue weighted by atomic mass is 16.2. The molecule has 1 aromatic heterocycles. The third kappa shape index (κ3) is 2.24. The van der Waals surface area contributed by atoms with Gasteiger partial charge >= 0.3 is 6.03 Å². The molecule has 0 radical (unpaired) electrons. The van der Waals surface area contributed by atoms with Gasteiger partial charge in [-0.25, -0.2) is 9.69 Å². The summed E-state index contributed by atoms with van der Waals surface area (Å²) in [5.41, 5.74) is 0.665. The molecule has 0 spiro atoms. The van der Waals surface area contributed by atoms with E-state index in [0.717, 1.165) is 5.56 Å². The van der Waals surface area contributed by atoms with Gasteiger partial charge in [0.05, 0.1) is 5.69 Å². The molecule has 1 aliphatic heterocycles. The van der Waals surface area contributed by atoms with Crippen molar-refractivity contribution in [2.75, 3.05) is 4.90 Å². The molecule has 0 bridgehead atoms. The highest BCUT2D eigenvalue weighted by Gasteiger charge is 2.51. The zero-order chi connectivity index (χ0) is 15.7. The van der Waals surface area contributed by atoms with Crippen molar-refractivity contribution in [2.24, 2.45) is 0 Å². The van der Waals surface area contributed by atoms with E-state index in [1.807, 2.05) is 30.3 Å². The number of para-hydroxylation sites is 1. The minimum atomic E-state index is -0.879. The summed E-state index contributed by atoms with van der Waals surface area (Å²) in [6, 6.07) is 12.4. The van der Waals surface area contributed by atoms with Gasteiger partial charge in [0.15, 0.2) is 0 Å². The van der Waals surface area contributed by atoms with E-state index in [-0.39, 0.29) is 11.9 Å². The second-order valence-corrected chi connectivity index (χ2v) is 5.76. The highest BCUT2D eigenvalue weighted by molar-refractivity contribution is 6.22. The average molecular weight is 295 g/mol. The molecule has 0 N–H and O–H groups in total. The Morgan fingerprint density at radius 1 is 1.00 bits per heavy atom. The second kappa shape index (κ2) is 5.26. The van der Waals surface area contributed by atoms with Crippen molar-refractivity contribution < 1.29 is 9.59 Å². The lowest BCUT2D eigenvalue weighted by molar-refractivity contribution is -0.123. The Labute approximate surface area is 129 Å². The lowest BCUT2D eigenvalue weighted by Gasteiger charge is -2.27. The second-order valence-electron chi connectivity index (χ2n) is 5.76. The number of urea groups is 1. The van der Waals surface area contributed by atoms with Crippen LogP contribution in [0.15, 0.2) is 54.9 Å². The van der Waals surface area contributed by atoms with Crippen molar-refractivity contribution in [3.8, 4) is 0 Å². The number of aromatic nitrogens is 1. The molecule has 3 rings (SSSR count). The van der Waals surface area contributed by atoms with Gasteiger partial charge in [-0.3, -0.25) is 9.78 Å². The summed E-state index contributed by atoms with van der Waals surface area (Å²) in [4.78, 5) is 32.3. The summed E-state index contributed by atoms with van der Waals surface area (Å²) < 4.78 is 0. The predicted octanol–water partition coefficient (Wildman–Crippen LogP) is 2.83. The molecular weight excluding hydrogens is 278 g/mol. The minimum absolute atomic E-state index is 0.210. The maximum Gasteiger partial charge on any atom is 0.332 e. The Bertz CT molecular complexity index is 698. The van der Waals surface area contributed by atoms with Gasteiger partial charge in [0, 0.05) is 18.9 Å². The normalized spacial score (nSPS) is 17.2. The number of rotatable bonds is 3. The van der Waals surface area contributed by atoms with Crippen LogP contribution in [0.4, 0.5) is 10.5 Å². The van der Waals surface area contributed by atoms with Gasteiger partial charge in [-0.1, -0.05) is 18.2 Å². The molecule has 2 heterocycles. The number of hydrogen-bond acceptors (Lipinski definition) is 3. The van der Waals surface area contributed by atoms with Crippen molar-refractivity contribution in [2.45, 2.75) is 25.9 Å². The first-order chi connectivity index (χ1) is 10.5. The molecule has 0 saturated carbocycles. The van der Waals surface area contributed by atoms with Crippen LogP contribution in [0.5, 0.6) is 0 Å². The molecule has 1 saturated heterocycles. The number of anilines is 1.